The topological polar surface area (TPSA) is 30.0 Å². The second-order valence-electron chi connectivity index (χ2n) is 4.57. The van der Waals surface area contributed by atoms with Crippen LogP contribution in [0.15, 0.2) is 42.7 Å². The molecule has 0 aliphatic heterocycles. The fraction of sp³-hybridized carbons (Fsp3) is 0.200. The molecule has 1 aliphatic carbocycles. The number of hydrogen-bond donors (Lipinski definition) is 0. The standard InChI is InChI=1S/C15H12FNO/c16-14-9-12(10-5-7-17-8-6-10)3-4-13(14)15(18)11-1-2-11/h3-9,11H,1-2H2. The third kappa shape index (κ3) is 2.04. The number of rotatable bonds is 3. The van der Waals surface area contributed by atoms with Crippen molar-refractivity contribution in [3.8, 4) is 11.1 Å². The van der Waals surface area contributed by atoms with Gasteiger partial charge in [-0.25, -0.2) is 4.39 Å². The number of hydrogen-bond acceptors (Lipinski definition) is 2. The Kier molecular flexibility index (Phi) is 2.67. The minimum absolute atomic E-state index is 0.0475. The van der Waals surface area contributed by atoms with Crippen LogP contribution in [0.25, 0.3) is 11.1 Å². The van der Waals surface area contributed by atoms with E-state index in [9.17, 15) is 9.18 Å². The van der Waals surface area contributed by atoms with E-state index >= 15 is 0 Å². The SMILES string of the molecule is O=C(c1ccc(-c2ccncc2)cc1F)C1CC1. The summed E-state index contributed by atoms with van der Waals surface area (Å²) >= 11 is 0. The molecule has 0 radical (unpaired) electrons. The quantitative estimate of drug-likeness (QED) is 0.770. The van der Waals surface area contributed by atoms with Crippen molar-refractivity contribution in [1.29, 1.82) is 0 Å². The van der Waals surface area contributed by atoms with Crippen LogP contribution < -0.4 is 0 Å². The van der Waals surface area contributed by atoms with E-state index in [1.54, 1.807) is 24.5 Å². The summed E-state index contributed by atoms with van der Waals surface area (Å²) in [6.07, 6.45) is 5.11. The first-order valence-corrected chi connectivity index (χ1v) is 6.00. The van der Waals surface area contributed by atoms with Crippen LogP contribution in [0.5, 0.6) is 0 Å². The Morgan fingerprint density at radius 1 is 1.11 bits per heavy atom. The molecule has 0 bridgehead atoms. The molecule has 1 aromatic carbocycles. The molecule has 2 aromatic rings. The molecule has 1 saturated carbocycles. The van der Waals surface area contributed by atoms with Gasteiger partial charge in [-0.15, -0.1) is 0 Å². The Morgan fingerprint density at radius 2 is 1.83 bits per heavy atom. The third-order valence-electron chi connectivity index (χ3n) is 3.20. The van der Waals surface area contributed by atoms with Crippen molar-refractivity contribution in [1.82, 2.24) is 4.98 Å². The second kappa shape index (κ2) is 4.33. The molecule has 0 atom stereocenters. The lowest BCUT2D eigenvalue weighted by Crippen LogP contribution is -2.04. The Balaban J connectivity index is 1.96. The van der Waals surface area contributed by atoms with Gasteiger partial charge < -0.3 is 0 Å². The van der Waals surface area contributed by atoms with Crippen LogP contribution in [0.2, 0.25) is 0 Å². The number of ketones is 1. The Morgan fingerprint density at radius 3 is 2.44 bits per heavy atom. The van der Waals surface area contributed by atoms with Crippen molar-refractivity contribution in [3.05, 3.63) is 54.1 Å². The summed E-state index contributed by atoms with van der Waals surface area (Å²) in [7, 11) is 0. The molecule has 1 aliphatic rings. The van der Waals surface area contributed by atoms with Gasteiger partial charge in [0.15, 0.2) is 5.78 Å². The minimum Gasteiger partial charge on any atom is -0.294 e. The minimum atomic E-state index is -0.429. The van der Waals surface area contributed by atoms with Crippen molar-refractivity contribution in [2.24, 2.45) is 5.92 Å². The summed E-state index contributed by atoms with van der Waals surface area (Å²) < 4.78 is 13.9. The van der Waals surface area contributed by atoms with Gasteiger partial charge in [-0.2, -0.15) is 0 Å². The number of carbonyl (C=O) groups excluding carboxylic acids is 1. The first kappa shape index (κ1) is 11.1. The van der Waals surface area contributed by atoms with Gasteiger partial charge in [0.2, 0.25) is 0 Å². The maximum Gasteiger partial charge on any atom is 0.168 e. The van der Waals surface area contributed by atoms with E-state index in [1.165, 1.54) is 6.07 Å². The Hall–Kier alpha value is -2.03. The Bertz CT molecular complexity index is 591. The van der Waals surface area contributed by atoms with Crippen molar-refractivity contribution >= 4 is 5.78 Å². The summed E-state index contributed by atoms with van der Waals surface area (Å²) in [6, 6.07) is 8.43. The fourth-order valence-corrected chi connectivity index (χ4v) is 2.00. The molecule has 3 rings (SSSR count). The zero-order valence-electron chi connectivity index (χ0n) is 9.77. The number of nitrogens with zero attached hydrogens (tertiary/aromatic N) is 1. The third-order valence-corrected chi connectivity index (χ3v) is 3.20. The molecule has 1 heterocycles. The van der Waals surface area contributed by atoms with E-state index in [4.69, 9.17) is 0 Å². The largest absolute Gasteiger partial charge is 0.294 e. The highest BCUT2D eigenvalue weighted by Crippen LogP contribution is 2.34. The predicted octanol–water partition coefficient (Wildman–Crippen LogP) is 3.48. The first-order valence-electron chi connectivity index (χ1n) is 6.00. The van der Waals surface area contributed by atoms with Crippen LogP contribution in [0, 0.1) is 11.7 Å². The van der Waals surface area contributed by atoms with E-state index in [-0.39, 0.29) is 17.3 Å². The van der Waals surface area contributed by atoms with E-state index in [2.05, 4.69) is 4.98 Å². The smallest absolute Gasteiger partial charge is 0.168 e. The number of aromatic nitrogens is 1. The van der Waals surface area contributed by atoms with Crippen molar-refractivity contribution in [2.75, 3.05) is 0 Å². The summed E-state index contributed by atoms with van der Waals surface area (Å²) in [4.78, 5) is 15.7. The molecule has 0 saturated heterocycles. The molecular weight excluding hydrogens is 229 g/mol. The van der Waals surface area contributed by atoms with Crippen LogP contribution in [-0.4, -0.2) is 10.8 Å². The molecule has 0 N–H and O–H groups in total. The first-order chi connectivity index (χ1) is 8.75. The zero-order chi connectivity index (χ0) is 12.5. The van der Waals surface area contributed by atoms with Crippen molar-refractivity contribution < 1.29 is 9.18 Å². The van der Waals surface area contributed by atoms with E-state index in [0.29, 0.717) is 0 Å². The van der Waals surface area contributed by atoms with Gasteiger partial charge in [-0.3, -0.25) is 9.78 Å². The van der Waals surface area contributed by atoms with Crippen molar-refractivity contribution in [3.63, 3.8) is 0 Å². The van der Waals surface area contributed by atoms with Crippen molar-refractivity contribution in [2.45, 2.75) is 12.8 Å². The number of pyridine rings is 1. The zero-order valence-corrected chi connectivity index (χ0v) is 9.77. The fourth-order valence-electron chi connectivity index (χ4n) is 2.00. The highest BCUT2D eigenvalue weighted by Gasteiger charge is 2.31. The second-order valence-corrected chi connectivity index (χ2v) is 4.57. The lowest BCUT2D eigenvalue weighted by Gasteiger charge is -2.05. The van der Waals surface area contributed by atoms with Crippen LogP contribution in [0.3, 0.4) is 0 Å². The van der Waals surface area contributed by atoms with Gasteiger partial charge in [0.05, 0.1) is 5.56 Å². The number of carbonyl (C=O) groups is 1. The van der Waals surface area contributed by atoms with Crippen LogP contribution in [-0.2, 0) is 0 Å². The number of halogens is 1. The molecule has 0 spiro atoms. The highest BCUT2D eigenvalue weighted by atomic mass is 19.1. The summed E-state index contributed by atoms with van der Waals surface area (Å²) in [5.41, 5.74) is 1.88. The lowest BCUT2D eigenvalue weighted by atomic mass is 10.0. The molecule has 0 unspecified atom stereocenters. The average Bonchev–Trinajstić information content (AvgIpc) is 3.23. The van der Waals surface area contributed by atoms with Gasteiger partial charge in [-0.1, -0.05) is 6.07 Å². The number of Topliss-reactive ketones (excluding diaryl/α,β-unsaturated/α-hetero) is 1. The van der Waals surface area contributed by atoms with Gasteiger partial charge in [0, 0.05) is 18.3 Å². The molecule has 18 heavy (non-hydrogen) atoms. The van der Waals surface area contributed by atoms with E-state index in [0.717, 1.165) is 24.0 Å². The molecule has 90 valence electrons. The molecule has 2 nitrogen and oxygen atoms in total. The van der Waals surface area contributed by atoms with Gasteiger partial charge in [-0.05, 0) is 48.2 Å². The van der Waals surface area contributed by atoms with Crippen LogP contribution >= 0.6 is 0 Å². The molecule has 3 heteroatoms. The van der Waals surface area contributed by atoms with Crippen LogP contribution in [0.1, 0.15) is 23.2 Å². The maximum absolute atomic E-state index is 13.9. The Labute approximate surface area is 104 Å². The van der Waals surface area contributed by atoms with Gasteiger partial charge >= 0.3 is 0 Å². The highest BCUT2D eigenvalue weighted by molar-refractivity contribution is 5.99. The summed E-state index contributed by atoms with van der Waals surface area (Å²) in [5, 5.41) is 0. The van der Waals surface area contributed by atoms with Crippen LogP contribution in [0.4, 0.5) is 4.39 Å². The summed E-state index contributed by atoms with van der Waals surface area (Å²) in [5.74, 6) is -0.443. The van der Waals surface area contributed by atoms with Gasteiger partial charge in [0.1, 0.15) is 5.82 Å². The van der Waals surface area contributed by atoms with E-state index in [1.807, 2.05) is 12.1 Å². The molecule has 1 aromatic heterocycles. The molecular formula is C15H12FNO. The monoisotopic (exact) mass is 241 g/mol. The average molecular weight is 241 g/mol. The number of benzene rings is 1. The van der Waals surface area contributed by atoms with Gasteiger partial charge in [0.25, 0.3) is 0 Å². The predicted molar refractivity (Wildman–Crippen MR) is 66.7 cm³/mol. The lowest BCUT2D eigenvalue weighted by molar-refractivity contribution is 0.0963. The molecule has 1 fully saturated rings. The summed E-state index contributed by atoms with van der Waals surface area (Å²) in [6.45, 7) is 0. The van der Waals surface area contributed by atoms with E-state index < -0.39 is 5.82 Å². The maximum atomic E-state index is 13.9. The normalized spacial score (nSPS) is 14.5. The molecule has 0 amide bonds.